The summed E-state index contributed by atoms with van der Waals surface area (Å²) in [6.45, 7) is 4.44. The quantitative estimate of drug-likeness (QED) is 0.246. The monoisotopic (exact) mass is 556 g/mol. The smallest absolute Gasteiger partial charge is 0.371 e. The van der Waals surface area contributed by atoms with Crippen LogP contribution in [-0.2, 0) is 29.0 Å². The van der Waals surface area contributed by atoms with Gasteiger partial charge in [0, 0.05) is 28.9 Å². The fraction of sp³-hybridized carbons (Fsp3) is 0.167. The summed E-state index contributed by atoms with van der Waals surface area (Å²) in [6, 6.07) is 24.9. The molecule has 0 aliphatic carbocycles. The number of para-hydroxylation sites is 1. The maximum absolute atomic E-state index is 13.2. The Hall–Kier alpha value is -4.54. The van der Waals surface area contributed by atoms with E-state index in [2.05, 4.69) is 27.9 Å². The van der Waals surface area contributed by atoms with Gasteiger partial charge >= 0.3 is 5.97 Å². The number of amidine groups is 1. The lowest BCUT2D eigenvalue weighted by atomic mass is 10.0. The number of hydrogen-bond acceptors (Lipinski definition) is 5. The zero-order chi connectivity index (χ0) is 28.4. The van der Waals surface area contributed by atoms with Crippen molar-refractivity contribution in [2.24, 2.45) is 4.99 Å². The standard InChI is InChI=1S/C30H28N4O5S/c1-3-23-17-25-19(2)31-27(30(36)37)32-28(25)33(23)18-20-13-15-21(16-14-20)24-11-7-8-12-26(24)34(40(38)39)29(35)22-9-5-4-6-10-22/h4-17,19H,3,18H2,1-2H3,(H,31,32)(H,36,37)(H,38,39). The molecular weight excluding hydrogens is 528 g/mol. The number of carbonyl (C=O) groups excluding carboxylic acids is 1. The van der Waals surface area contributed by atoms with Crippen molar-refractivity contribution in [1.29, 1.82) is 0 Å². The van der Waals surface area contributed by atoms with Crippen molar-refractivity contribution in [2.75, 3.05) is 9.62 Å². The molecule has 9 nitrogen and oxygen atoms in total. The number of rotatable bonds is 8. The highest BCUT2D eigenvalue weighted by Crippen LogP contribution is 2.35. The van der Waals surface area contributed by atoms with Gasteiger partial charge < -0.3 is 15.0 Å². The third-order valence-corrected chi connectivity index (χ3v) is 7.55. The maximum Gasteiger partial charge on any atom is 0.371 e. The zero-order valence-electron chi connectivity index (χ0n) is 21.9. The summed E-state index contributed by atoms with van der Waals surface area (Å²) in [5, 5.41) is 12.5. The average molecular weight is 557 g/mol. The number of benzene rings is 3. The van der Waals surface area contributed by atoms with Gasteiger partial charge in [-0.25, -0.2) is 13.3 Å². The minimum absolute atomic E-state index is 0.0789. The Morgan fingerprint density at radius 3 is 2.35 bits per heavy atom. The van der Waals surface area contributed by atoms with Gasteiger partial charge in [-0.15, -0.1) is 0 Å². The third kappa shape index (κ3) is 5.18. The number of hydrogen-bond donors (Lipinski definition) is 3. The van der Waals surface area contributed by atoms with Gasteiger partial charge in [0.15, 0.2) is 0 Å². The molecule has 2 atom stereocenters. The second-order valence-corrected chi connectivity index (χ2v) is 10.2. The van der Waals surface area contributed by atoms with Crippen LogP contribution in [0.15, 0.2) is 89.9 Å². The van der Waals surface area contributed by atoms with Crippen LogP contribution in [0.4, 0.5) is 11.5 Å². The molecule has 1 amide bonds. The normalized spacial score (nSPS) is 15.0. The first-order chi connectivity index (χ1) is 19.3. The van der Waals surface area contributed by atoms with Crippen molar-refractivity contribution >= 4 is 40.5 Å². The number of carboxylic acid groups (broad SMARTS) is 1. The fourth-order valence-corrected chi connectivity index (χ4v) is 5.48. The van der Waals surface area contributed by atoms with Gasteiger partial charge in [-0.2, -0.15) is 0 Å². The van der Waals surface area contributed by atoms with E-state index in [4.69, 9.17) is 0 Å². The number of aromatic nitrogens is 1. The second kappa shape index (κ2) is 11.3. The lowest BCUT2D eigenvalue weighted by Crippen LogP contribution is -2.32. The molecule has 1 aromatic heterocycles. The highest BCUT2D eigenvalue weighted by atomic mass is 32.2. The number of fused-ring (bicyclic) bond motifs is 1. The highest BCUT2D eigenvalue weighted by Gasteiger charge is 2.28. The van der Waals surface area contributed by atoms with E-state index in [0.29, 0.717) is 23.4 Å². The minimum Gasteiger partial charge on any atom is -0.475 e. The average Bonchev–Trinajstić information content (AvgIpc) is 3.32. The summed E-state index contributed by atoms with van der Waals surface area (Å²) >= 11 is -2.59. The van der Waals surface area contributed by atoms with Crippen molar-refractivity contribution in [1.82, 2.24) is 4.57 Å². The van der Waals surface area contributed by atoms with E-state index in [1.165, 1.54) is 0 Å². The molecule has 0 spiro atoms. The number of aryl methyl sites for hydroxylation is 1. The molecular formula is C30H28N4O5S. The van der Waals surface area contributed by atoms with Crippen LogP contribution in [0.2, 0.25) is 0 Å². The predicted octanol–water partition coefficient (Wildman–Crippen LogP) is 5.52. The first-order valence-electron chi connectivity index (χ1n) is 12.8. The Kier molecular flexibility index (Phi) is 7.63. The molecule has 1 aliphatic rings. The predicted molar refractivity (Wildman–Crippen MR) is 156 cm³/mol. The molecule has 40 heavy (non-hydrogen) atoms. The van der Waals surface area contributed by atoms with Crippen LogP contribution < -0.4 is 9.62 Å². The van der Waals surface area contributed by atoms with Gasteiger partial charge in [-0.1, -0.05) is 67.6 Å². The van der Waals surface area contributed by atoms with E-state index in [0.717, 1.165) is 38.9 Å². The molecule has 2 unspecified atom stereocenters. The van der Waals surface area contributed by atoms with Crippen LogP contribution in [0, 0.1) is 0 Å². The molecule has 204 valence electrons. The Labute approximate surface area is 234 Å². The summed E-state index contributed by atoms with van der Waals surface area (Å²) in [5.74, 6) is -1.03. The van der Waals surface area contributed by atoms with E-state index < -0.39 is 23.1 Å². The molecule has 0 bridgehead atoms. The Morgan fingerprint density at radius 2 is 1.70 bits per heavy atom. The topological polar surface area (TPSA) is 124 Å². The van der Waals surface area contributed by atoms with E-state index in [1.807, 2.05) is 37.3 Å². The van der Waals surface area contributed by atoms with Crippen LogP contribution in [-0.4, -0.2) is 36.1 Å². The summed E-state index contributed by atoms with van der Waals surface area (Å²) < 4.78 is 25.4. The number of nitrogens with one attached hydrogen (secondary N) is 1. The van der Waals surface area contributed by atoms with Crippen LogP contribution in [0.3, 0.4) is 0 Å². The molecule has 2 heterocycles. The number of amides is 1. The number of nitrogens with zero attached hydrogens (tertiary/aromatic N) is 3. The lowest BCUT2D eigenvalue weighted by Gasteiger charge is -2.22. The first-order valence-corrected chi connectivity index (χ1v) is 13.8. The van der Waals surface area contributed by atoms with Gasteiger partial charge in [0.05, 0.1) is 11.7 Å². The molecule has 1 aliphatic heterocycles. The summed E-state index contributed by atoms with van der Waals surface area (Å²) in [4.78, 5) is 29.0. The molecule has 10 heteroatoms. The number of aliphatic imine (C=N–C) groups is 1. The van der Waals surface area contributed by atoms with Gasteiger partial charge in [-0.05, 0) is 48.7 Å². The molecule has 0 radical (unpaired) electrons. The van der Waals surface area contributed by atoms with Crippen LogP contribution in [0.25, 0.3) is 11.1 Å². The first kappa shape index (κ1) is 27.0. The van der Waals surface area contributed by atoms with Crippen molar-refractivity contribution in [3.8, 4) is 11.1 Å². The Bertz CT molecular complexity index is 1630. The summed E-state index contributed by atoms with van der Waals surface area (Å²) in [6.07, 6.45) is 0.763. The van der Waals surface area contributed by atoms with E-state index >= 15 is 0 Å². The number of aliphatic carboxylic acids is 1. The van der Waals surface area contributed by atoms with Crippen molar-refractivity contribution in [3.63, 3.8) is 0 Å². The van der Waals surface area contributed by atoms with Gasteiger partial charge in [0.25, 0.3) is 17.2 Å². The number of carbonyl (C=O) groups is 2. The van der Waals surface area contributed by atoms with Crippen LogP contribution in [0.5, 0.6) is 0 Å². The largest absolute Gasteiger partial charge is 0.475 e. The SMILES string of the molecule is CCc1cc2c(n1Cc1ccc(-c3ccccc3N(C(=O)c3ccccc3)S(=O)O)cc1)NC(C(=O)O)=NC2C. The Morgan fingerprint density at radius 1 is 1.02 bits per heavy atom. The van der Waals surface area contributed by atoms with E-state index in [-0.39, 0.29) is 11.9 Å². The second-order valence-electron chi connectivity index (χ2n) is 9.37. The third-order valence-electron chi connectivity index (χ3n) is 6.88. The van der Waals surface area contributed by atoms with Gasteiger partial charge in [-0.3, -0.25) is 14.3 Å². The van der Waals surface area contributed by atoms with Crippen molar-refractivity contribution in [3.05, 3.63) is 107 Å². The molecule has 0 saturated carbocycles. The maximum atomic E-state index is 13.2. The van der Waals surface area contributed by atoms with Gasteiger partial charge in [0.1, 0.15) is 5.82 Å². The van der Waals surface area contributed by atoms with Crippen molar-refractivity contribution in [2.45, 2.75) is 32.9 Å². The lowest BCUT2D eigenvalue weighted by molar-refractivity contribution is -0.129. The summed E-state index contributed by atoms with van der Waals surface area (Å²) in [7, 11) is 0. The van der Waals surface area contributed by atoms with E-state index in [9.17, 15) is 23.5 Å². The van der Waals surface area contributed by atoms with Crippen LogP contribution >= 0.6 is 0 Å². The number of carboxylic acids is 1. The Balaban J connectivity index is 1.46. The highest BCUT2D eigenvalue weighted by molar-refractivity contribution is 7.81. The molecule has 3 N–H and O–H groups in total. The van der Waals surface area contributed by atoms with Crippen LogP contribution in [0.1, 0.15) is 47.1 Å². The number of anilines is 2. The fourth-order valence-electron chi connectivity index (χ4n) is 4.90. The van der Waals surface area contributed by atoms with E-state index in [1.54, 1.807) is 48.5 Å². The molecule has 0 fully saturated rings. The van der Waals surface area contributed by atoms with Crippen molar-refractivity contribution < 1.29 is 23.5 Å². The molecule has 5 rings (SSSR count). The molecule has 0 saturated heterocycles. The van der Waals surface area contributed by atoms with Gasteiger partial charge in [0.2, 0.25) is 5.84 Å². The zero-order valence-corrected chi connectivity index (χ0v) is 22.8. The molecule has 4 aromatic rings. The minimum atomic E-state index is -2.59. The summed E-state index contributed by atoms with van der Waals surface area (Å²) in [5.41, 5.74) is 5.01. The molecule has 3 aromatic carbocycles.